The molecule has 0 atom stereocenters. The Morgan fingerprint density at radius 3 is 2.63 bits per heavy atom. The largest absolute Gasteiger partial charge is 0.484 e. The second-order valence-corrected chi connectivity index (χ2v) is 7.39. The van der Waals surface area contributed by atoms with E-state index in [-0.39, 0.29) is 23.8 Å². The van der Waals surface area contributed by atoms with Crippen molar-refractivity contribution in [3.05, 3.63) is 24.3 Å². The molecule has 2 amide bonds. The third-order valence-electron chi connectivity index (χ3n) is 5.37. The molecule has 2 aliphatic heterocycles. The van der Waals surface area contributed by atoms with E-state index < -0.39 is 0 Å². The Morgan fingerprint density at radius 1 is 1.26 bits per heavy atom. The predicted molar refractivity (Wildman–Crippen MR) is 103 cm³/mol. The highest BCUT2D eigenvalue weighted by atomic mass is 16.5. The van der Waals surface area contributed by atoms with Crippen LogP contribution in [0.4, 0.5) is 5.69 Å². The van der Waals surface area contributed by atoms with Crippen molar-refractivity contribution in [1.29, 1.82) is 0 Å². The van der Waals surface area contributed by atoms with E-state index in [4.69, 9.17) is 9.47 Å². The lowest BCUT2D eigenvalue weighted by Gasteiger charge is -2.37. The van der Waals surface area contributed by atoms with Gasteiger partial charge in [0.15, 0.2) is 6.61 Å². The third kappa shape index (κ3) is 5.20. The van der Waals surface area contributed by atoms with E-state index in [0.29, 0.717) is 25.3 Å². The molecule has 7 nitrogen and oxygen atoms in total. The minimum Gasteiger partial charge on any atom is -0.484 e. The quantitative estimate of drug-likeness (QED) is 0.717. The van der Waals surface area contributed by atoms with E-state index in [2.05, 4.69) is 10.6 Å². The Labute approximate surface area is 160 Å². The van der Waals surface area contributed by atoms with Gasteiger partial charge in [-0.15, -0.1) is 0 Å². The number of nitrogens with zero attached hydrogens (tertiary/aromatic N) is 1. The van der Waals surface area contributed by atoms with Crippen LogP contribution in [-0.4, -0.2) is 58.3 Å². The van der Waals surface area contributed by atoms with Gasteiger partial charge in [0.05, 0.1) is 6.61 Å². The molecule has 2 saturated heterocycles. The van der Waals surface area contributed by atoms with Crippen LogP contribution >= 0.6 is 0 Å². The van der Waals surface area contributed by atoms with Crippen molar-refractivity contribution < 1.29 is 19.1 Å². The van der Waals surface area contributed by atoms with Gasteiger partial charge in [-0.25, -0.2) is 0 Å². The lowest BCUT2D eigenvalue weighted by Crippen LogP contribution is -2.47. The van der Waals surface area contributed by atoms with Crippen LogP contribution in [0.2, 0.25) is 0 Å². The summed E-state index contributed by atoms with van der Waals surface area (Å²) < 4.78 is 11.0. The summed E-state index contributed by atoms with van der Waals surface area (Å²) in [4.78, 5) is 25.7. The van der Waals surface area contributed by atoms with Crippen LogP contribution in [0.1, 0.15) is 25.7 Å². The van der Waals surface area contributed by atoms with E-state index in [1.165, 1.54) is 0 Å². The van der Waals surface area contributed by atoms with E-state index in [1.807, 2.05) is 12.1 Å². The van der Waals surface area contributed by atoms with E-state index in [0.717, 1.165) is 44.6 Å². The molecule has 2 aliphatic rings. The summed E-state index contributed by atoms with van der Waals surface area (Å²) in [5.74, 6) is 0.641. The molecule has 0 unspecified atom stereocenters. The molecule has 0 aliphatic carbocycles. The highest BCUT2D eigenvalue weighted by Crippen LogP contribution is 2.28. The average molecular weight is 375 g/mol. The fourth-order valence-electron chi connectivity index (χ4n) is 3.76. The lowest BCUT2D eigenvalue weighted by atomic mass is 9.79. The minimum atomic E-state index is -0.136. The highest BCUT2D eigenvalue weighted by molar-refractivity contribution is 5.95. The predicted octanol–water partition coefficient (Wildman–Crippen LogP) is 1.32. The molecule has 2 N–H and O–H groups in total. The van der Waals surface area contributed by atoms with Crippen molar-refractivity contribution in [3.8, 4) is 5.75 Å². The van der Waals surface area contributed by atoms with E-state index in [9.17, 15) is 9.59 Å². The number of hydrogen-bond acceptors (Lipinski definition) is 5. The Balaban J connectivity index is 1.45. The second kappa shape index (κ2) is 9.19. The van der Waals surface area contributed by atoms with Crippen molar-refractivity contribution in [3.63, 3.8) is 0 Å². The number of amides is 2. The number of carbonyl (C=O) groups excluding carboxylic acids is 2. The number of ether oxygens (including phenoxy) is 2. The van der Waals surface area contributed by atoms with Crippen molar-refractivity contribution in [2.75, 3.05) is 51.4 Å². The van der Waals surface area contributed by atoms with Gasteiger partial charge in [-0.05, 0) is 56.6 Å². The Bertz CT molecular complexity index is 636. The monoisotopic (exact) mass is 375 g/mol. The molecule has 1 aromatic carbocycles. The number of benzene rings is 1. The van der Waals surface area contributed by atoms with Crippen LogP contribution in [0.15, 0.2) is 24.3 Å². The number of methoxy groups -OCH3 is 1. The first-order valence-corrected chi connectivity index (χ1v) is 9.61. The first-order chi connectivity index (χ1) is 13.1. The molecule has 0 bridgehead atoms. The summed E-state index contributed by atoms with van der Waals surface area (Å²) in [6.07, 6.45) is 3.48. The Kier molecular flexibility index (Phi) is 6.68. The molecule has 2 fully saturated rings. The normalized spacial score (nSPS) is 19.1. The fraction of sp³-hybridized carbons (Fsp3) is 0.600. The van der Waals surface area contributed by atoms with Gasteiger partial charge in [-0.3, -0.25) is 9.59 Å². The summed E-state index contributed by atoms with van der Waals surface area (Å²) >= 11 is 0. The number of rotatable bonds is 8. The number of hydrogen-bond donors (Lipinski definition) is 2. The first-order valence-electron chi connectivity index (χ1n) is 9.61. The van der Waals surface area contributed by atoms with Gasteiger partial charge in [-0.1, -0.05) is 0 Å². The summed E-state index contributed by atoms with van der Waals surface area (Å²) in [5, 5.41) is 6.33. The van der Waals surface area contributed by atoms with E-state index >= 15 is 0 Å². The molecular formula is C20H29N3O4. The number of anilines is 1. The third-order valence-corrected chi connectivity index (χ3v) is 5.37. The topological polar surface area (TPSA) is 79.9 Å². The molecular weight excluding hydrogens is 346 g/mol. The number of carbonyl (C=O) groups is 2. The standard InChI is InChI=1S/C20H29N3O4/c1-26-15-20(8-10-21-11-9-20)14-22-18(24)13-27-17-6-4-16(5-7-17)23-12-2-3-19(23)25/h4-7,21H,2-3,8-15H2,1H3,(H,22,24). The zero-order chi connectivity index (χ0) is 19.1. The molecule has 7 heteroatoms. The molecule has 148 valence electrons. The molecule has 2 heterocycles. The molecule has 0 saturated carbocycles. The summed E-state index contributed by atoms with van der Waals surface area (Å²) in [6, 6.07) is 7.32. The maximum atomic E-state index is 12.2. The van der Waals surface area contributed by atoms with Crippen LogP contribution in [0.5, 0.6) is 5.75 Å². The molecule has 1 aromatic rings. The number of nitrogens with one attached hydrogen (secondary N) is 2. The molecule has 0 radical (unpaired) electrons. The van der Waals surface area contributed by atoms with Gasteiger partial charge in [0, 0.05) is 37.7 Å². The Morgan fingerprint density at radius 2 is 2.00 bits per heavy atom. The molecule has 27 heavy (non-hydrogen) atoms. The zero-order valence-electron chi connectivity index (χ0n) is 16.0. The van der Waals surface area contributed by atoms with Crippen LogP contribution in [-0.2, 0) is 14.3 Å². The maximum Gasteiger partial charge on any atom is 0.257 e. The summed E-state index contributed by atoms with van der Waals surface area (Å²) in [6.45, 7) is 3.87. The minimum absolute atomic E-state index is 0.000422. The van der Waals surface area contributed by atoms with Gasteiger partial charge in [0.2, 0.25) is 5.91 Å². The zero-order valence-corrected chi connectivity index (χ0v) is 16.0. The Hall–Kier alpha value is -2.12. The molecule has 0 aromatic heterocycles. The molecule has 3 rings (SSSR count). The second-order valence-electron chi connectivity index (χ2n) is 7.39. The average Bonchev–Trinajstić information content (AvgIpc) is 3.12. The summed E-state index contributed by atoms with van der Waals surface area (Å²) in [5.41, 5.74) is 0.876. The van der Waals surface area contributed by atoms with Gasteiger partial charge in [0.1, 0.15) is 5.75 Å². The summed E-state index contributed by atoms with van der Waals surface area (Å²) in [7, 11) is 1.70. The first kappa shape index (κ1) is 19.6. The lowest BCUT2D eigenvalue weighted by molar-refractivity contribution is -0.124. The fourth-order valence-corrected chi connectivity index (χ4v) is 3.76. The van der Waals surface area contributed by atoms with Crippen molar-refractivity contribution >= 4 is 17.5 Å². The molecule has 0 spiro atoms. The van der Waals surface area contributed by atoms with Gasteiger partial charge < -0.3 is 25.0 Å². The van der Waals surface area contributed by atoms with Gasteiger partial charge in [-0.2, -0.15) is 0 Å². The SMILES string of the molecule is COCC1(CNC(=O)COc2ccc(N3CCCC3=O)cc2)CCNCC1. The van der Waals surface area contributed by atoms with Gasteiger partial charge in [0.25, 0.3) is 5.91 Å². The maximum absolute atomic E-state index is 12.2. The smallest absolute Gasteiger partial charge is 0.257 e. The highest BCUT2D eigenvalue weighted by Gasteiger charge is 2.32. The van der Waals surface area contributed by atoms with Crippen LogP contribution in [0.25, 0.3) is 0 Å². The van der Waals surface area contributed by atoms with Crippen LogP contribution < -0.4 is 20.3 Å². The van der Waals surface area contributed by atoms with Crippen LogP contribution in [0.3, 0.4) is 0 Å². The van der Waals surface area contributed by atoms with Gasteiger partial charge >= 0.3 is 0 Å². The van der Waals surface area contributed by atoms with E-state index in [1.54, 1.807) is 24.1 Å². The number of piperidine rings is 1. The van der Waals surface area contributed by atoms with Crippen molar-refractivity contribution in [2.45, 2.75) is 25.7 Å². The van der Waals surface area contributed by atoms with Crippen molar-refractivity contribution in [2.24, 2.45) is 5.41 Å². The van der Waals surface area contributed by atoms with Crippen molar-refractivity contribution in [1.82, 2.24) is 10.6 Å². The van der Waals surface area contributed by atoms with Crippen LogP contribution in [0, 0.1) is 5.41 Å².